The molecule has 0 spiro atoms. The monoisotopic (exact) mass is 227 g/mol. The summed E-state index contributed by atoms with van der Waals surface area (Å²) >= 11 is 0. The van der Waals surface area contributed by atoms with Crippen molar-refractivity contribution < 1.29 is 5.11 Å². The van der Waals surface area contributed by atoms with Crippen molar-refractivity contribution in [3.63, 3.8) is 0 Å². The average molecular weight is 227 g/mol. The Bertz CT molecular complexity index is 357. The molecule has 2 nitrogen and oxygen atoms in total. The van der Waals surface area contributed by atoms with E-state index < -0.39 is 8.24 Å². The summed E-state index contributed by atoms with van der Waals surface area (Å²) in [7, 11) is -1.58. The van der Waals surface area contributed by atoms with Gasteiger partial charge >= 0.3 is 0 Å². The highest BCUT2D eigenvalue weighted by Gasteiger charge is 2.12. The number of rotatable bonds is 2. The van der Waals surface area contributed by atoms with Gasteiger partial charge in [-0.05, 0) is 38.0 Å². The fourth-order valence-electron chi connectivity index (χ4n) is 1.17. The normalized spacial score (nSPS) is 14.3. The number of phenolic OH excluding ortho intramolecular Hbond substituents is 1. The van der Waals surface area contributed by atoms with Gasteiger partial charge in [0.1, 0.15) is 5.75 Å². The molecule has 1 aromatic carbocycles. The number of phenols is 1. The summed E-state index contributed by atoms with van der Waals surface area (Å²) in [5.74, 6) is 0.361. The molecule has 0 aliphatic heterocycles. The highest BCUT2D eigenvalue weighted by atomic mass is 32.2. The van der Waals surface area contributed by atoms with Crippen molar-refractivity contribution in [3.05, 3.63) is 24.3 Å². The van der Waals surface area contributed by atoms with Gasteiger partial charge in [0.05, 0.1) is 4.90 Å². The molecule has 1 aromatic rings. The minimum atomic E-state index is -1.40. The van der Waals surface area contributed by atoms with Gasteiger partial charge < -0.3 is 5.11 Å². The third kappa shape index (κ3) is 3.27. The van der Waals surface area contributed by atoms with Crippen LogP contribution in [0.25, 0.3) is 0 Å². The van der Waals surface area contributed by atoms with Crippen LogP contribution in [-0.4, -0.2) is 19.6 Å². The van der Waals surface area contributed by atoms with Gasteiger partial charge in [-0.15, -0.1) is 0 Å². The zero-order valence-corrected chi connectivity index (χ0v) is 10.9. The number of aromatic hydroxyl groups is 1. The van der Waals surface area contributed by atoms with E-state index in [-0.39, 0.29) is 10.7 Å². The van der Waals surface area contributed by atoms with Crippen LogP contribution >= 0.6 is 0 Å². The molecule has 0 bridgehead atoms. The first kappa shape index (κ1) is 11.5. The van der Waals surface area contributed by atoms with E-state index in [1.807, 2.05) is 18.2 Å². The summed E-state index contributed by atoms with van der Waals surface area (Å²) < 4.78 is 4.75. The summed E-state index contributed by atoms with van der Waals surface area (Å²) in [6.45, 7) is 6.61. The minimum Gasteiger partial charge on any atom is -0.507 e. The predicted octanol–water partition coefficient (Wildman–Crippen LogP) is 3.02. The van der Waals surface area contributed by atoms with E-state index in [2.05, 4.69) is 25.9 Å². The molecular weight excluding hydrogens is 210 g/mol. The smallest absolute Gasteiger partial charge is 0.181 e. The van der Waals surface area contributed by atoms with Crippen molar-refractivity contribution in [2.45, 2.75) is 24.5 Å². The number of nitrogens with zero attached hydrogens (tertiary/aromatic N) is 1. The molecule has 0 amide bonds. The van der Waals surface area contributed by atoms with Crippen molar-refractivity contribution in [3.8, 4) is 5.75 Å². The van der Waals surface area contributed by atoms with Crippen LogP contribution in [0.5, 0.6) is 5.75 Å². The summed E-state index contributed by atoms with van der Waals surface area (Å²) in [4.78, 5) is 0.954. The molecule has 14 heavy (non-hydrogen) atoms. The Labute approximate surface area is 89.2 Å². The molecule has 78 valence electrons. The maximum atomic E-state index is 9.64. The van der Waals surface area contributed by atoms with Gasteiger partial charge in [-0.1, -0.05) is 22.8 Å². The lowest BCUT2D eigenvalue weighted by Gasteiger charge is -2.12. The van der Waals surface area contributed by atoms with Gasteiger partial charge in [0, 0.05) is 0 Å². The molecule has 0 aromatic heterocycles. The second-order valence-corrected chi connectivity index (χ2v) is 10.7. The van der Waals surface area contributed by atoms with Gasteiger partial charge in [-0.25, -0.2) is 0 Å². The van der Waals surface area contributed by atoms with E-state index >= 15 is 0 Å². The molecule has 0 saturated carbocycles. The van der Waals surface area contributed by atoms with Crippen LogP contribution < -0.4 is 0 Å². The first-order valence-corrected chi connectivity index (χ1v) is 9.61. The van der Waals surface area contributed by atoms with Crippen molar-refractivity contribution in [2.75, 3.05) is 6.26 Å². The van der Waals surface area contributed by atoms with Gasteiger partial charge in [-0.3, -0.25) is 4.03 Å². The van der Waals surface area contributed by atoms with E-state index in [4.69, 9.17) is 4.03 Å². The Hall–Kier alpha value is -0.613. The second-order valence-electron chi connectivity index (χ2n) is 4.21. The zero-order valence-electron chi connectivity index (χ0n) is 9.11. The van der Waals surface area contributed by atoms with Crippen LogP contribution in [0.15, 0.2) is 33.2 Å². The zero-order chi connectivity index (χ0) is 10.8. The van der Waals surface area contributed by atoms with E-state index in [9.17, 15) is 5.11 Å². The molecule has 0 heterocycles. The fraction of sp³-hybridized carbons (Fsp3) is 0.400. The average Bonchev–Trinajstić information content (AvgIpc) is 2.01. The Kier molecular flexibility index (Phi) is 3.50. The van der Waals surface area contributed by atoms with Gasteiger partial charge in [0.15, 0.2) is 8.24 Å². The molecule has 0 aliphatic rings. The standard InChI is InChI=1S/C10H17NOSSi/c1-13(11-14(2,3)4)10-8-6-5-7-9(10)12/h5-8,12H,1-4H3/t13-/m0/s1. The summed E-state index contributed by atoms with van der Waals surface area (Å²) in [5, 5.41) is 9.64. The molecule has 1 N–H and O–H groups in total. The third-order valence-electron chi connectivity index (χ3n) is 1.59. The molecular formula is C10H17NOSSi. The number of para-hydroxylation sites is 1. The van der Waals surface area contributed by atoms with Gasteiger partial charge in [-0.2, -0.15) is 0 Å². The van der Waals surface area contributed by atoms with E-state index in [1.165, 1.54) is 0 Å². The van der Waals surface area contributed by atoms with Crippen LogP contribution in [-0.2, 0) is 10.7 Å². The minimum absolute atomic E-state index is 0.178. The largest absolute Gasteiger partial charge is 0.507 e. The topological polar surface area (TPSA) is 32.6 Å². The van der Waals surface area contributed by atoms with E-state index in [0.29, 0.717) is 5.75 Å². The fourth-order valence-corrected chi connectivity index (χ4v) is 5.49. The van der Waals surface area contributed by atoms with Crippen LogP contribution in [0.3, 0.4) is 0 Å². The number of hydrogen-bond acceptors (Lipinski definition) is 2. The molecule has 0 radical (unpaired) electrons. The summed E-state index contributed by atoms with van der Waals surface area (Å²) in [6.07, 6.45) is 2.06. The maximum Gasteiger partial charge on any atom is 0.181 e. The molecule has 1 atom stereocenters. The Balaban J connectivity index is 3.07. The highest BCUT2D eigenvalue weighted by Crippen LogP contribution is 2.21. The molecule has 1 rings (SSSR count). The molecule has 0 saturated heterocycles. The van der Waals surface area contributed by atoms with Crippen LogP contribution in [0.2, 0.25) is 19.6 Å². The highest BCUT2D eigenvalue weighted by molar-refractivity contribution is 7.87. The second kappa shape index (κ2) is 4.27. The van der Waals surface area contributed by atoms with Gasteiger partial charge in [0.25, 0.3) is 0 Å². The van der Waals surface area contributed by atoms with E-state index in [0.717, 1.165) is 4.90 Å². The molecule has 0 aliphatic carbocycles. The SMILES string of the molecule is C[S@](=N[Si](C)(C)C)c1ccccc1O. The quantitative estimate of drug-likeness (QED) is 0.774. The summed E-state index contributed by atoms with van der Waals surface area (Å²) in [5.41, 5.74) is 0. The maximum absolute atomic E-state index is 9.64. The Morgan fingerprint density at radius 2 is 1.79 bits per heavy atom. The molecule has 0 fully saturated rings. The predicted molar refractivity (Wildman–Crippen MR) is 65.4 cm³/mol. The lowest BCUT2D eigenvalue weighted by atomic mass is 10.3. The first-order chi connectivity index (χ1) is 6.40. The third-order valence-corrected chi connectivity index (χ3v) is 5.86. The Morgan fingerprint density at radius 3 is 2.29 bits per heavy atom. The lowest BCUT2D eigenvalue weighted by molar-refractivity contribution is 0.462. The van der Waals surface area contributed by atoms with Crippen LogP contribution in [0.4, 0.5) is 0 Å². The van der Waals surface area contributed by atoms with E-state index in [1.54, 1.807) is 6.07 Å². The van der Waals surface area contributed by atoms with Crippen LogP contribution in [0, 0.1) is 0 Å². The molecule has 0 unspecified atom stereocenters. The van der Waals surface area contributed by atoms with Crippen molar-refractivity contribution in [1.29, 1.82) is 0 Å². The van der Waals surface area contributed by atoms with Crippen LogP contribution in [0.1, 0.15) is 0 Å². The first-order valence-electron chi connectivity index (χ1n) is 4.57. The van der Waals surface area contributed by atoms with Crippen molar-refractivity contribution in [2.24, 2.45) is 4.03 Å². The Morgan fingerprint density at radius 1 is 1.21 bits per heavy atom. The molecule has 4 heteroatoms. The number of hydrogen-bond donors (Lipinski definition) is 1. The number of benzene rings is 1. The van der Waals surface area contributed by atoms with Crippen molar-refractivity contribution in [1.82, 2.24) is 0 Å². The van der Waals surface area contributed by atoms with Gasteiger partial charge in [0.2, 0.25) is 0 Å². The summed E-state index contributed by atoms with van der Waals surface area (Å²) in [6, 6.07) is 7.45. The lowest BCUT2D eigenvalue weighted by Crippen LogP contribution is -2.17. The van der Waals surface area contributed by atoms with Crippen molar-refractivity contribution >= 4 is 18.9 Å².